The molecule has 136 valence electrons. The van der Waals surface area contributed by atoms with Gasteiger partial charge in [-0.2, -0.15) is 0 Å². The highest BCUT2D eigenvalue weighted by atomic mass is 32.1. The lowest BCUT2D eigenvalue weighted by Gasteiger charge is -2.01. The minimum atomic E-state index is -0.840. The van der Waals surface area contributed by atoms with Crippen LogP contribution in [0.25, 0.3) is 32.8 Å². The lowest BCUT2D eigenvalue weighted by atomic mass is 10.1. The second-order valence-corrected chi connectivity index (χ2v) is 7.11. The van der Waals surface area contributed by atoms with Gasteiger partial charge in [-0.1, -0.05) is 24.3 Å². The van der Waals surface area contributed by atoms with Crippen molar-refractivity contribution < 1.29 is 19.1 Å². The number of ether oxygens (including phenoxy) is 1. The Morgan fingerprint density at radius 2 is 2.07 bits per heavy atom. The molecule has 0 saturated carbocycles. The molecule has 0 unspecified atom stereocenters. The lowest BCUT2D eigenvalue weighted by molar-refractivity contribution is -0.136. The fraction of sp³-hybridized carbons (Fsp3) is 0.143. The Balaban J connectivity index is 1.79. The monoisotopic (exact) mass is 379 g/mol. The molecule has 0 fully saturated rings. The number of carbonyl (C=O) groups is 1. The molecule has 1 N–H and O–H groups in total. The van der Waals surface area contributed by atoms with Crippen molar-refractivity contribution in [1.82, 2.24) is 4.98 Å². The number of hydrogen-bond acceptors (Lipinski definition) is 5. The molecule has 2 heterocycles. The summed E-state index contributed by atoms with van der Waals surface area (Å²) >= 11 is 1.55. The van der Waals surface area contributed by atoms with Gasteiger partial charge in [-0.3, -0.25) is 4.79 Å². The van der Waals surface area contributed by atoms with Crippen molar-refractivity contribution in [3.05, 3.63) is 59.3 Å². The van der Waals surface area contributed by atoms with Gasteiger partial charge in [0.1, 0.15) is 10.8 Å². The maximum Gasteiger partial charge on any atom is 0.303 e. The fourth-order valence-corrected chi connectivity index (χ4v) is 3.96. The maximum atomic E-state index is 11.1. The molecule has 2 aromatic heterocycles. The van der Waals surface area contributed by atoms with Crippen LogP contribution in [-0.4, -0.2) is 23.2 Å². The van der Waals surface area contributed by atoms with Gasteiger partial charge in [0, 0.05) is 11.8 Å². The zero-order valence-corrected chi connectivity index (χ0v) is 15.5. The highest BCUT2D eigenvalue weighted by Gasteiger charge is 2.13. The SMILES string of the molecule is COc1cccc2cc(/C=C(\CCC(=O)O)c3nc4ccccc4s3)oc12. The number of methoxy groups -OCH3 is 1. The molecule has 6 heteroatoms. The van der Waals surface area contributed by atoms with Crippen molar-refractivity contribution in [1.29, 1.82) is 0 Å². The van der Waals surface area contributed by atoms with Crippen LogP contribution in [0.2, 0.25) is 0 Å². The van der Waals surface area contributed by atoms with Gasteiger partial charge in [0.15, 0.2) is 11.3 Å². The smallest absolute Gasteiger partial charge is 0.303 e. The quantitative estimate of drug-likeness (QED) is 0.482. The topological polar surface area (TPSA) is 72.6 Å². The molecule has 0 atom stereocenters. The van der Waals surface area contributed by atoms with Gasteiger partial charge >= 0.3 is 5.97 Å². The van der Waals surface area contributed by atoms with Crippen LogP contribution in [0.3, 0.4) is 0 Å². The Morgan fingerprint density at radius 1 is 1.22 bits per heavy atom. The van der Waals surface area contributed by atoms with Crippen LogP contribution in [0, 0.1) is 0 Å². The largest absolute Gasteiger partial charge is 0.493 e. The number of furan rings is 1. The highest BCUT2D eigenvalue weighted by molar-refractivity contribution is 7.19. The van der Waals surface area contributed by atoms with Gasteiger partial charge < -0.3 is 14.3 Å². The third-order valence-electron chi connectivity index (χ3n) is 4.24. The van der Waals surface area contributed by atoms with Gasteiger partial charge in [-0.25, -0.2) is 4.98 Å². The molecule has 27 heavy (non-hydrogen) atoms. The third-order valence-corrected chi connectivity index (χ3v) is 5.35. The minimum Gasteiger partial charge on any atom is -0.493 e. The van der Waals surface area contributed by atoms with Crippen molar-refractivity contribution in [2.75, 3.05) is 7.11 Å². The van der Waals surface area contributed by atoms with Gasteiger partial charge in [0.05, 0.1) is 17.3 Å². The summed E-state index contributed by atoms with van der Waals surface area (Å²) < 4.78 is 12.4. The van der Waals surface area contributed by atoms with Crippen molar-refractivity contribution in [3.63, 3.8) is 0 Å². The first-order valence-electron chi connectivity index (χ1n) is 8.49. The van der Waals surface area contributed by atoms with Crippen LogP contribution < -0.4 is 4.74 Å². The number of fused-ring (bicyclic) bond motifs is 2. The number of aromatic nitrogens is 1. The number of hydrogen-bond donors (Lipinski definition) is 1. The molecule has 0 aliphatic heterocycles. The zero-order chi connectivity index (χ0) is 18.8. The van der Waals surface area contributed by atoms with E-state index in [0.717, 1.165) is 26.2 Å². The molecule has 4 rings (SSSR count). The Kier molecular flexibility index (Phi) is 4.64. The number of benzene rings is 2. The molecule has 4 aromatic rings. The number of carboxylic acids is 1. The molecular weight excluding hydrogens is 362 g/mol. The number of aliphatic carboxylic acids is 1. The van der Waals surface area contributed by atoms with E-state index in [-0.39, 0.29) is 6.42 Å². The van der Waals surface area contributed by atoms with E-state index in [4.69, 9.17) is 14.3 Å². The zero-order valence-electron chi connectivity index (χ0n) is 14.6. The first-order chi connectivity index (χ1) is 13.1. The molecule has 0 aliphatic rings. The van der Waals surface area contributed by atoms with E-state index in [1.807, 2.05) is 54.6 Å². The van der Waals surface area contributed by atoms with E-state index >= 15 is 0 Å². The predicted octanol–water partition coefficient (Wildman–Crippen LogP) is 5.46. The number of thiazole rings is 1. The molecule has 0 aliphatic carbocycles. The molecule has 0 spiro atoms. The van der Waals surface area contributed by atoms with Crippen LogP contribution in [0.5, 0.6) is 5.75 Å². The first kappa shape index (κ1) is 17.3. The summed E-state index contributed by atoms with van der Waals surface area (Å²) in [7, 11) is 1.60. The van der Waals surface area contributed by atoms with Crippen LogP contribution in [0.1, 0.15) is 23.6 Å². The summed E-state index contributed by atoms with van der Waals surface area (Å²) in [6, 6.07) is 15.5. The molecule has 0 amide bonds. The second kappa shape index (κ2) is 7.25. The van der Waals surface area contributed by atoms with Crippen LogP contribution in [0.4, 0.5) is 0 Å². The number of carboxylic acid groups (broad SMARTS) is 1. The average Bonchev–Trinajstić information content (AvgIpc) is 3.27. The maximum absolute atomic E-state index is 11.1. The Bertz CT molecular complexity index is 1120. The summed E-state index contributed by atoms with van der Waals surface area (Å²) in [5.41, 5.74) is 2.43. The molecule has 0 bridgehead atoms. The molecule has 0 radical (unpaired) electrons. The van der Waals surface area contributed by atoms with E-state index in [9.17, 15) is 4.79 Å². The van der Waals surface area contributed by atoms with Crippen molar-refractivity contribution >= 4 is 50.1 Å². The summed E-state index contributed by atoms with van der Waals surface area (Å²) in [6.07, 6.45) is 2.29. The van der Waals surface area contributed by atoms with E-state index in [2.05, 4.69) is 4.98 Å². The molecular formula is C21H17NO4S. The first-order valence-corrected chi connectivity index (χ1v) is 9.30. The minimum absolute atomic E-state index is 0.0330. The number of nitrogens with zero attached hydrogens (tertiary/aromatic N) is 1. The molecule has 5 nitrogen and oxygen atoms in total. The summed E-state index contributed by atoms with van der Waals surface area (Å²) in [5, 5.41) is 10.9. The summed E-state index contributed by atoms with van der Waals surface area (Å²) in [4.78, 5) is 15.8. The summed E-state index contributed by atoms with van der Waals surface area (Å²) in [6.45, 7) is 0. The van der Waals surface area contributed by atoms with Gasteiger partial charge in [-0.15, -0.1) is 11.3 Å². The summed E-state index contributed by atoms with van der Waals surface area (Å²) in [5.74, 6) is 0.474. The fourth-order valence-electron chi connectivity index (χ4n) is 2.95. The second-order valence-electron chi connectivity index (χ2n) is 6.08. The predicted molar refractivity (Wildman–Crippen MR) is 107 cm³/mol. The van der Waals surface area contributed by atoms with Crippen LogP contribution in [-0.2, 0) is 4.79 Å². The van der Waals surface area contributed by atoms with E-state index < -0.39 is 5.97 Å². The average molecular weight is 379 g/mol. The number of para-hydroxylation sites is 2. The molecule has 2 aromatic carbocycles. The van der Waals surface area contributed by atoms with E-state index in [1.165, 1.54) is 0 Å². The van der Waals surface area contributed by atoms with Crippen molar-refractivity contribution in [3.8, 4) is 5.75 Å². The van der Waals surface area contributed by atoms with Gasteiger partial charge in [0.25, 0.3) is 0 Å². The normalized spacial score (nSPS) is 12.0. The van der Waals surface area contributed by atoms with Crippen LogP contribution in [0.15, 0.2) is 52.9 Å². The third kappa shape index (κ3) is 3.57. The lowest BCUT2D eigenvalue weighted by Crippen LogP contribution is -1.95. The Labute approximate surface area is 159 Å². The van der Waals surface area contributed by atoms with Gasteiger partial charge in [-0.05, 0) is 42.3 Å². The number of allylic oxidation sites excluding steroid dienone is 1. The number of rotatable bonds is 6. The van der Waals surface area contributed by atoms with Crippen molar-refractivity contribution in [2.45, 2.75) is 12.8 Å². The van der Waals surface area contributed by atoms with E-state index in [0.29, 0.717) is 23.5 Å². The highest BCUT2D eigenvalue weighted by Crippen LogP contribution is 2.34. The van der Waals surface area contributed by atoms with Crippen LogP contribution >= 0.6 is 11.3 Å². The Morgan fingerprint density at radius 3 is 2.85 bits per heavy atom. The molecule has 0 saturated heterocycles. The Hall–Kier alpha value is -3.12. The standard InChI is InChI=1S/C21H17NO4S/c1-25-17-7-4-5-13-11-15(26-20(13)17)12-14(9-10-19(23)24)21-22-16-6-2-3-8-18(16)27-21/h2-8,11-12H,9-10H2,1H3,(H,23,24)/b14-12+. The van der Waals surface area contributed by atoms with Crippen molar-refractivity contribution in [2.24, 2.45) is 0 Å². The van der Waals surface area contributed by atoms with Gasteiger partial charge in [0.2, 0.25) is 0 Å². The van der Waals surface area contributed by atoms with E-state index in [1.54, 1.807) is 18.4 Å².